The number of amides is 1. The summed E-state index contributed by atoms with van der Waals surface area (Å²) in [6.45, 7) is 3.69. The summed E-state index contributed by atoms with van der Waals surface area (Å²) in [5.41, 5.74) is 0.910. The molecule has 0 radical (unpaired) electrons. The molecule has 24 heavy (non-hydrogen) atoms. The molecule has 124 valence electrons. The Kier molecular flexibility index (Phi) is 5.26. The highest BCUT2D eigenvalue weighted by Gasteiger charge is 2.13. The van der Waals surface area contributed by atoms with E-state index in [1.807, 2.05) is 13.8 Å². The van der Waals surface area contributed by atoms with Gasteiger partial charge in [-0.25, -0.2) is 0 Å². The van der Waals surface area contributed by atoms with Crippen LogP contribution in [0.2, 0.25) is 0 Å². The van der Waals surface area contributed by atoms with Gasteiger partial charge in [0.15, 0.2) is 0 Å². The molecule has 0 saturated heterocycles. The molecule has 0 aromatic heterocycles. The van der Waals surface area contributed by atoms with Crippen LogP contribution in [-0.2, 0) is 0 Å². The fraction of sp³-hybridized carbons (Fsp3) is 0.176. The number of ether oxygens (including phenoxy) is 1. The van der Waals surface area contributed by atoms with Crippen molar-refractivity contribution in [3.8, 4) is 5.75 Å². The van der Waals surface area contributed by atoms with Gasteiger partial charge in [0.25, 0.3) is 11.6 Å². The maximum absolute atomic E-state index is 12.3. The summed E-state index contributed by atoms with van der Waals surface area (Å²) in [5, 5.41) is 13.3. The van der Waals surface area contributed by atoms with Crippen molar-refractivity contribution >= 4 is 23.6 Å². The number of aldehydes is 1. The maximum Gasteiger partial charge on any atom is 0.269 e. The molecule has 0 aliphatic rings. The van der Waals surface area contributed by atoms with Crippen LogP contribution in [-0.4, -0.2) is 23.2 Å². The lowest BCUT2D eigenvalue weighted by Crippen LogP contribution is -2.14. The van der Waals surface area contributed by atoms with Crippen LogP contribution in [0.1, 0.15) is 34.6 Å². The largest absolute Gasteiger partial charge is 0.489 e. The van der Waals surface area contributed by atoms with Gasteiger partial charge in [-0.15, -0.1) is 0 Å². The second-order valence-corrected chi connectivity index (χ2v) is 5.30. The SMILES string of the molecule is CC(C)Oc1ccc(C=O)cc1NC(=O)c1ccc([N+](=O)[O-])cc1. The molecule has 2 rings (SSSR count). The van der Waals surface area contributed by atoms with Gasteiger partial charge in [-0.3, -0.25) is 19.7 Å². The van der Waals surface area contributed by atoms with Crippen LogP contribution in [0, 0.1) is 10.1 Å². The van der Waals surface area contributed by atoms with Crippen LogP contribution in [0.25, 0.3) is 0 Å². The first-order chi connectivity index (χ1) is 11.4. The van der Waals surface area contributed by atoms with Crippen molar-refractivity contribution in [1.29, 1.82) is 0 Å². The first-order valence-electron chi connectivity index (χ1n) is 7.22. The fourth-order valence-electron chi connectivity index (χ4n) is 2.00. The van der Waals surface area contributed by atoms with Crippen LogP contribution in [0.4, 0.5) is 11.4 Å². The zero-order chi connectivity index (χ0) is 17.7. The summed E-state index contributed by atoms with van der Waals surface area (Å²) in [6.07, 6.45) is 0.558. The van der Waals surface area contributed by atoms with Gasteiger partial charge in [0.05, 0.1) is 16.7 Å². The number of anilines is 1. The van der Waals surface area contributed by atoms with E-state index >= 15 is 0 Å². The zero-order valence-electron chi connectivity index (χ0n) is 13.2. The monoisotopic (exact) mass is 328 g/mol. The summed E-state index contributed by atoms with van der Waals surface area (Å²) in [4.78, 5) is 33.3. The van der Waals surface area contributed by atoms with Crippen molar-refractivity contribution in [2.75, 3.05) is 5.32 Å². The van der Waals surface area contributed by atoms with Gasteiger partial charge >= 0.3 is 0 Å². The predicted octanol–water partition coefficient (Wildman–Crippen LogP) is 3.45. The van der Waals surface area contributed by atoms with E-state index in [0.717, 1.165) is 0 Å². The molecule has 0 spiro atoms. The molecule has 0 aliphatic carbocycles. The summed E-state index contributed by atoms with van der Waals surface area (Å²) in [6, 6.07) is 9.93. The molecule has 1 amide bonds. The van der Waals surface area contributed by atoms with Gasteiger partial charge < -0.3 is 10.1 Å². The molecular weight excluding hydrogens is 312 g/mol. The summed E-state index contributed by atoms with van der Waals surface area (Å²) >= 11 is 0. The molecule has 7 nitrogen and oxygen atoms in total. The normalized spacial score (nSPS) is 10.3. The van der Waals surface area contributed by atoms with E-state index in [1.165, 1.54) is 30.3 Å². The van der Waals surface area contributed by atoms with Crippen LogP contribution in [0.3, 0.4) is 0 Å². The van der Waals surface area contributed by atoms with Gasteiger partial charge in [0.1, 0.15) is 12.0 Å². The molecule has 0 fully saturated rings. The van der Waals surface area contributed by atoms with E-state index in [4.69, 9.17) is 4.74 Å². The fourth-order valence-corrected chi connectivity index (χ4v) is 2.00. The molecule has 2 aromatic carbocycles. The molecule has 2 aromatic rings. The molecule has 0 saturated carbocycles. The lowest BCUT2D eigenvalue weighted by atomic mass is 10.1. The van der Waals surface area contributed by atoms with Gasteiger partial charge in [-0.05, 0) is 44.2 Å². The molecule has 0 heterocycles. The molecule has 7 heteroatoms. The van der Waals surface area contributed by atoms with Crippen LogP contribution < -0.4 is 10.1 Å². The summed E-state index contributed by atoms with van der Waals surface area (Å²) in [5.74, 6) is -0.0209. The Bertz CT molecular complexity index is 769. The molecule has 0 atom stereocenters. The molecule has 0 unspecified atom stereocenters. The first kappa shape index (κ1) is 17.1. The minimum Gasteiger partial charge on any atom is -0.489 e. The molecular formula is C17H16N2O5. The van der Waals surface area contributed by atoms with E-state index < -0.39 is 10.8 Å². The Labute approximate surface area is 138 Å². The number of nitro groups is 1. The number of hydrogen-bond acceptors (Lipinski definition) is 5. The summed E-state index contributed by atoms with van der Waals surface area (Å²) < 4.78 is 5.61. The van der Waals surface area contributed by atoms with Crippen molar-refractivity contribution < 1.29 is 19.2 Å². The van der Waals surface area contributed by atoms with E-state index in [2.05, 4.69) is 5.32 Å². The third-order valence-corrected chi connectivity index (χ3v) is 3.09. The minimum absolute atomic E-state index is 0.0988. The predicted molar refractivity (Wildman–Crippen MR) is 88.6 cm³/mol. The number of carbonyl (C=O) groups is 2. The lowest BCUT2D eigenvalue weighted by Gasteiger charge is -2.15. The second kappa shape index (κ2) is 7.36. The average molecular weight is 328 g/mol. The Balaban J connectivity index is 2.26. The minimum atomic E-state index is -0.538. The Morgan fingerprint density at radius 1 is 1.21 bits per heavy atom. The van der Waals surface area contributed by atoms with Crippen molar-refractivity contribution in [2.45, 2.75) is 20.0 Å². The van der Waals surface area contributed by atoms with E-state index in [9.17, 15) is 19.7 Å². The average Bonchev–Trinajstić information content (AvgIpc) is 2.56. The molecule has 0 bridgehead atoms. The summed E-state index contributed by atoms with van der Waals surface area (Å²) in [7, 11) is 0. The number of hydrogen-bond donors (Lipinski definition) is 1. The van der Waals surface area contributed by atoms with Gasteiger partial charge in [0.2, 0.25) is 0 Å². The van der Waals surface area contributed by atoms with Crippen LogP contribution in [0.5, 0.6) is 5.75 Å². The number of benzene rings is 2. The first-order valence-corrected chi connectivity index (χ1v) is 7.22. The zero-order valence-corrected chi connectivity index (χ0v) is 13.2. The van der Waals surface area contributed by atoms with E-state index in [-0.39, 0.29) is 17.4 Å². The van der Waals surface area contributed by atoms with Gasteiger partial charge in [-0.2, -0.15) is 0 Å². The smallest absolute Gasteiger partial charge is 0.269 e. The molecule has 1 N–H and O–H groups in total. The Hall–Kier alpha value is -3.22. The Morgan fingerprint density at radius 2 is 1.88 bits per heavy atom. The number of nitrogens with one attached hydrogen (secondary N) is 1. The molecule has 0 aliphatic heterocycles. The van der Waals surface area contributed by atoms with Crippen molar-refractivity contribution in [1.82, 2.24) is 0 Å². The Morgan fingerprint density at radius 3 is 2.42 bits per heavy atom. The highest BCUT2D eigenvalue weighted by atomic mass is 16.6. The topological polar surface area (TPSA) is 98.5 Å². The quantitative estimate of drug-likeness (QED) is 0.497. The van der Waals surface area contributed by atoms with Crippen molar-refractivity contribution in [3.05, 3.63) is 63.7 Å². The van der Waals surface area contributed by atoms with Gasteiger partial charge in [-0.1, -0.05) is 0 Å². The third-order valence-electron chi connectivity index (χ3n) is 3.09. The van der Waals surface area contributed by atoms with E-state index in [1.54, 1.807) is 12.1 Å². The number of rotatable bonds is 6. The van der Waals surface area contributed by atoms with Gasteiger partial charge in [0, 0.05) is 23.3 Å². The number of nitro benzene ring substituents is 1. The number of non-ortho nitro benzene ring substituents is 1. The lowest BCUT2D eigenvalue weighted by molar-refractivity contribution is -0.384. The van der Waals surface area contributed by atoms with Crippen LogP contribution in [0.15, 0.2) is 42.5 Å². The van der Waals surface area contributed by atoms with Crippen molar-refractivity contribution in [2.24, 2.45) is 0 Å². The maximum atomic E-state index is 12.3. The van der Waals surface area contributed by atoms with Crippen molar-refractivity contribution in [3.63, 3.8) is 0 Å². The van der Waals surface area contributed by atoms with E-state index in [0.29, 0.717) is 23.3 Å². The number of nitrogens with zero attached hydrogens (tertiary/aromatic N) is 1. The number of carbonyl (C=O) groups excluding carboxylic acids is 2. The highest BCUT2D eigenvalue weighted by Crippen LogP contribution is 2.27. The standard InChI is InChI=1S/C17H16N2O5/c1-11(2)24-16-8-3-12(10-20)9-15(16)18-17(21)13-4-6-14(7-5-13)19(22)23/h3-11H,1-2H3,(H,18,21). The third kappa shape index (κ3) is 4.16. The second-order valence-electron chi connectivity index (χ2n) is 5.30. The van der Waals surface area contributed by atoms with Crippen LogP contribution >= 0.6 is 0 Å². The highest BCUT2D eigenvalue weighted by molar-refractivity contribution is 6.05.